The van der Waals surface area contributed by atoms with Crippen LogP contribution in [0.5, 0.6) is 11.8 Å². The van der Waals surface area contributed by atoms with Crippen LogP contribution in [0.15, 0.2) is 35.4 Å². The van der Waals surface area contributed by atoms with Gasteiger partial charge in [-0.2, -0.15) is 0 Å². The minimum absolute atomic E-state index is 0.0676. The summed E-state index contributed by atoms with van der Waals surface area (Å²) in [4.78, 5) is 17.6. The first-order valence-corrected chi connectivity index (χ1v) is 16.2. The number of methoxy groups -OCH3 is 2. The average molecular weight is 618 g/mol. The van der Waals surface area contributed by atoms with Gasteiger partial charge in [-0.15, -0.1) is 21.5 Å². The third-order valence-corrected chi connectivity index (χ3v) is 9.68. The average Bonchev–Trinajstić information content (AvgIpc) is 3.41. The molecule has 0 saturated heterocycles. The molecule has 11 nitrogen and oxygen atoms in total. The Morgan fingerprint density at radius 3 is 2.36 bits per heavy atom. The second-order valence-corrected chi connectivity index (χ2v) is 14.3. The molecule has 0 atom stereocenters. The molecule has 0 unspecified atom stereocenters. The number of benzene rings is 1. The van der Waals surface area contributed by atoms with E-state index in [4.69, 9.17) is 19.2 Å². The van der Waals surface area contributed by atoms with E-state index < -0.39 is 15.6 Å². The molecular weight excluding hydrogens is 578 g/mol. The number of carbonyl (C=O) groups excluding carboxylic acids is 1. The number of ether oxygens (including phenoxy) is 3. The van der Waals surface area contributed by atoms with Crippen LogP contribution >= 0.6 is 11.3 Å². The van der Waals surface area contributed by atoms with E-state index >= 15 is 0 Å². The van der Waals surface area contributed by atoms with Gasteiger partial charge in [0.25, 0.3) is 0 Å². The molecule has 228 valence electrons. The summed E-state index contributed by atoms with van der Waals surface area (Å²) in [6, 6.07) is 6.97. The molecule has 4 rings (SSSR count). The van der Waals surface area contributed by atoms with Gasteiger partial charge in [-0.1, -0.05) is 12.1 Å². The van der Waals surface area contributed by atoms with Gasteiger partial charge in [-0.25, -0.2) is 22.9 Å². The Morgan fingerprint density at radius 2 is 1.74 bits per heavy atom. The van der Waals surface area contributed by atoms with Crippen LogP contribution in [-0.2, 0) is 14.8 Å². The van der Waals surface area contributed by atoms with Gasteiger partial charge in [-0.05, 0) is 71.9 Å². The molecule has 1 aliphatic carbocycles. The van der Waals surface area contributed by atoms with Crippen molar-refractivity contribution in [3.63, 3.8) is 0 Å². The molecule has 0 aliphatic heterocycles. The molecule has 42 heavy (non-hydrogen) atoms. The highest BCUT2D eigenvalue weighted by atomic mass is 32.2. The van der Waals surface area contributed by atoms with E-state index in [2.05, 4.69) is 20.2 Å². The maximum atomic E-state index is 13.7. The summed E-state index contributed by atoms with van der Waals surface area (Å²) in [6.07, 6.45) is 4.57. The van der Waals surface area contributed by atoms with E-state index in [0.717, 1.165) is 35.6 Å². The van der Waals surface area contributed by atoms with Crippen molar-refractivity contribution in [1.82, 2.24) is 25.2 Å². The predicted molar refractivity (Wildman–Crippen MR) is 162 cm³/mol. The van der Waals surface area contributed by atoms with Crippen molar-refractivity contribution >= 4 is 27.5 Å². The predicted octanol–water partition coefficient (Wildman–Crippen LogP) is 5.52. The van der Waals surface area contributed by atoms with Gasteiger partial charge in [0, 0.05) is 35.3 Å². The second kappa shape index (κ2) is 12.9. The van der Waals surface area contributed by atoms with Crippen molar-refractivity contribution in [2.75, 3.05) is 14.2 Å². The van der Waals surface area contributed by atoms with Gasteiger partial charge in [0.15, 0.2) is 0 Å². The molecular formula is C29H39N5O6S2. The smallest absolute Gasteiger partial charge is 0.407 e. The lowest BCUT2D eigenvalue weighted by molar-refractivity contribution is 0.109. The topological polar surface area (TPSA) is 142 Å². The van der Waals surface area contributed by atoms with Crippen LogP contribution in [0.3, 0.4) is 0 Å². The molecule has 1 aliphatic rings. The highest BCUT2D eigenvalue weighted by Gasteiger charge is 2.29. The molecule has 2 N–H and O–H groups in total. The van der Waals surface area contributed by atoms with Crippen molar-refractivity contribution in [1.29, 1.82) is 0 Å². The monoisotopic (exact) mass is 617 g/mol. The lowest BCUT2D eigenvalue weighted by Gasteiger charge is -2.28. The summed E-state index contributed by atoms with van der Waals surface area (Å²) in [5.74, 6) is 0.758. The Hall–Kier alpha value is -3.29. The molecule has 0 bridgehead atoms. The van der Waals surface area contributed by atoms with Gasteiger partial charge in [0.1, 0.15) is 0 Å². The van der Waals surface area contributed by atoms with Crippen LogP contribution in [0, 0.1) is 0 Å². The van der Waals surface area contributed by atoms with E-state index in [-0.39, 0.29) is 40.8 Å². The summed E-state index contributed by atoms with van der Waals surface area (Å²) in [5.41, 5.74) is 0.998. The zero-order valence-electron chi connectivity index (χ0n) is 25.1. The molecule has 1 amide bonds. The van der Waals surface area contributed by atoms with Crippen molar-refractivity contribution in [3.8, 4) is 33.3 Å². The third kappa shape index (κ3) is 7.75. The molecule has 2 aromatic heterocycles. The fourth-order valence-electron chi connectivity index (χ4n) is 4.89. The van der Waals surface area contributed by atoms with Crippen LogP contribution in [0.25, 0.3) is 21.6 Å². The fraction of sp³-hybridized carbons (Fsp3) is 0.517. The Bertz CT molecular complexity index is 1510. The van der Waals surface area contributed by atoms with E-state index in [1.165, 1.54) is 25.6 Å². The molecule has 1 aromatic carbocycles. The number of thiazole rings is 1. The summed E-state index contributed by atoms with van der Waals surface area (Å²) < 4.78 is 46.1. The van der Waals surface area contributed by atoms with Crippen molar-refractivity contribution in [2.24, 2.45) is 0 Å². The molecule has 13 heteroatoms. The van der Waals surface area contributed by atoms with Gasteiger partial charge < -0.3 is 19.5 Å². The SMILES string of the molecule is COc1cc(-c2ccc(-c3cnc([C@H]4CC[C@H](NC(=O)OC(C)C)CC4)s3)c(S(=O)(=O)NC(C)(C)C)c2)c(OC)nn1. The van der Waals surface area contributed by atoms with Crippen LogP contribution in [-0.4, -0.2) is 61.6 Å². The summed E-state index contributed by atoms with van der Waals surface area (Å²) in [5, 5.41) is 11.9. The zero-order valence-corrected chi connectivity index (χ0v) is 26.7. The quantitative estimate of drug-likeness (QED) is 0.317. The Kier molecular flexibility index (Phi) is 9.74. The summed E-state index contributed by atoms with van der Waals surface area (Å²) in [7, 11) is -0.974. The zero-order chi connectivity index (χ0) is 30.7. The third-order valence-electron chi connectivity index (χ3n) is 6.69. The number of hydrogen-bond donors (Lipinski definition) is 2. The lowest BCUT2D eigenvalue weighted by Crippen LogP contribution is -2.40. The lowest BCUT2D eigenvalue weighted by atomic mass is 9.86. The standard InChI is InChI=1S/C29H39N5O6S2/c1-17(2)40-28(35)31-20-11-8-18(9-12-20)27-30-16-23(41-27)21-13-10-19(14-24(21)42(36,37)34-29(3,4)5)22-15-25(38-6)32-33-26(22)39-7/h10,13-18,20,34H,8-9,11-12H2,1-7H3,(H,31,35)/t18-,20-. The van der Waals surface area contributed by atoms with Crippen LogP contribution in [0.1, 0.15) is 71.2 Å². The number of nitrogens with one attached hydrogen (secondary N) is 2. The van der Waals surface area contributed by atoms with E-state index in [0.29, 0.717) is 16.7 Å². The molecule has 1 saturated carbocycles. The van der Waals surface area contributed by atoms with Crippen molar-refractivity contribution < 1.29 is 27.4 Å². The number of aromatic nitrogens is 3. The van der Waals surface area contributed by atoms with E-state index in [9.17, 15) is 13.2 Å². The Balaban J connectivity index is 1.65. The molecule has 1 fully saturated rings. The number of carbonyl (C=O) groups is 1. The summed E-state index contributed by atoms with van der Waals surface area (Å²) >= 11 is 1.50. The minimum atomic E-state index is -3.94. The minimum Gasteiger partial charge on any atom is -0.480 e. The maximum absolute atomic E-state index is 13.7. The molecule has 0 spiro atoms. The fourth-order valence-corrected chi connectivity index (χ4v) is 7.75. The van der Waals surface area contributed by atoms with Gasteiger partial charge in [0.2, 0.25) is 21.8 Å². The highest BCUT2D eigenvalue weighted by molar-refractivity contribution is 7.89. The largest absolute Gasteiger partial charge is 0.480 e. The molecule has 2 heterocycles. The number of alkyl carbamates (subject to hydrolysis) is 1. The van der Waals surface area contributed by atoms with Crippen molar-refractivity contribution in [2.45, 2.75) is 88.8 Å². The Labute approximate surface area is 251 Å². The maximum Gasteiger partial charge on any atom is 0.407 e. The van der Waals surface area contributed by atoms with E-state index in [1.807, 2.05) is 19.9 Å². The van der Waals surface area contributed by atoms with Gasteiger partial charge in [0.05, 0.1) is 40.7 Å². The number of rotatable bonds is 9. The highest BCUT2D eigenvalue weighted by Crippen LogP contribution is 2.41. The first-order valence-electron chi connectivity index (χ1n) is 13.9. The number of nitrogens with zero attached hydrogens (tertiary/aromatic N) is 3. The number of sulfonamides is 1. The second-order valence-electron chi connectivity index (χ2n) is 11.6. The van der Waals surface area contributed by atoms with Gasteiger partial charge >= 0.3 is 6.09 Å². The van der Waals surface area contributed by atoms with Crippen molar-refractivity contribution in [3.05, 3.63) is 35.5 Å². The number of amides is 1. The number of hydrogen-bond acceptors (Lipinski definition) is 10. The normalized spacial score (nSPS) is 17.6. The van der Waals surface area contributed by atoms with Crippen LogP contribution < -0.4 is 19.5 Å². The summed E-state index contributed by atoms with van der Waals surface area (Å²) in [6.45, 7) is 9.04. The molecule has 0 radical (unpaired) electrons. The molecule has 3 aromatic rings. The van der Waals surface area contributed by atoms with E-state index in [1.54, 1.807) is 45.2 Å². The first-order chi connectivity index (χ1) is 19.8. The Morgan fingerprint density at radius 1 is 1.02 bits per heavy atom. The van der Waals surface area contributed by atoms with Gasteiger partial charge in [-0.3, -0.25) is 0 Å². The van der Waals surface area contributed by atoms with Crippen LogP contribution in [0.4, 0.5) is 4.79 Å². The first kappa shape index (κ1) is 31.6. The van der Waals surface area contributed by atoms with Crippen LogP contribution in [0.2, 0.25) is 0 Å².